The number of thioether (sulfide) groups is 2. The van der Waals surface area contributed by atoms with Crippen molar-refractivity contribution >= 4 is 29.5 Å². The first kappa shape index (κ1) is 15.4. The molecule has 1 aromatic rings. The van der Waals surface area contributed by atoms with E-state index in [1.54, 1.807) is 11.8 Å². The van der Waals surface area contributed by atoms with Gasteiger partial charge in [0.2, 0.25) is 0 Å². The van der Waals surface area contributed by atoms with Crippen molar-refractivity contribution in [1.29, 1.82) is 0 Å². The SMILES string of the molecule is CSCC(C)n1c(SCC(=O)O)nnc1C(C)C. The second kappa shape index (κ2) is 7.04. The van der Waals surface area contributed by atoms with Gasteiger partial charge in [-0.2, -0.15) is 11.8 Å². The maximum absolute atomic E-state index is 10.6. The highest BCUT2D eigenvalue weighted by Gasteiger charge is 2.20. The Morgan fingerprint density at radius 2 is 2.06 bits per heavy atom. The van der Waals surface area contributed by atoms with Gasteiger partial charge in [0.15, 0.2) is 5.16 Å². The zero-order valence-electron chi connectivity index (χ0n) is 11.1. The number of rotatable bonds is 7. The molecule has 18 heavy (non-hydrogen) atoms. The summed E-state index contributed by atoms with van der Waals surface area (Å²) in [6, 6.07) is 0.267. The van der Waals surface area contributed by atoms with Crippen LogP contribution in [0.15, 0.2) is 5.16 Å². The van der Waals surface area contributed by atoms with Gasteiger partial charge in [0, 0.05) is 17.7 Å². The molecule has 1 aromatic heterocycles. The summed E-state index contributed by atoms with van der Waals surface area (Å²) >= 11 is 2.99. The van der Waals surface area contributed by atoms with E-state index >= 15 is 0 Å². The lowest BCUT2D eigenvalue weighted by atomic mass is 10.2. The molecule has 0 saturated heterocycles. The first-order valence-corrected chi connectivity index (χ1v) is 8.13. The molecule has 1 N–H and O–H groups in total. The summed E-state index contributed by atoms with van der Waals surface area (Å²) in [5.74, 6) is 1.34. The Labute approximate surface area is 116 Å². The van der Waals surface area contributed by atoms with Crippen molar-refractivity contribution in [2.75, 3.05) is 17.8 Å². The molecule has 1 rings (SSSR count). The quantitative estimate of drug-likeness (QED) is 0.778. The van der Waals surface area contributed by atoms with Crippen LogP contribution in [0.4, 0.5) is 0 Å². The van der Waals surface area contributed by atoms with Gasteiger partial charge in [0.1, 0.15) is 5.82 Å². The minimum absolute atomic E-state index is 0.0161. The summed E-state index contributed by atoms with van der Waals surface area (Å²) in [7, 11) is 0. The van der Waals surface area contributed by atoms with Gasteiger partial charge in [-0.3, -0.25) is 4.79 Å². The molecule has 5 nitrogen and oxygen atoms in total. The molecular weight excluding hydrogens is 270 g/mol. The van der Waals surface area contributed by atoms with Gasteiger partial charge in [0.05, 0.1) is 5.75 Å². The third-order valence-electron chi connectivity index (χ3n) is 2.38. The fourth-order valence-corrected chi connectivity index (χ4v) is 3.03. The van der Waals surface area contributed by atoms with Crippen LogP contribution in [-0.4, -0.2) is 43.6 Å². The molecule has 0 aromatic carbocycles. The maximum Gasteiger partial charge on any atom is 0.313 e. The standard InChI is InChI=1S/C11H19N3O2S2/c1-7(2)10-12-13-11(18-6-9(15)16)14(10)8(3)5-17-4/h7-8H,5-6H2,1-4H3,(H,15,16). The van der Waals surface area contributed by atoms with Crippen LogP contribution in [0.25, 0.3) is 0 Å². The van der Waals surface area contributed by atoms with Gasteiger partial charge < -0.3 is 9.67 Å². The van der Waals surface area contributed by atoms with E-state index in [9.17, 15) is 4.79 Å². The molecule has 7 heteroatoms. The van der Waals surface area contributed by atoms with E-state index < -0.39 is 5.97 Å². The number of carbonyl (C=O) groups is 1. The summed E-state index contributed by atoms with van der Waals surface area (Å²) < 4.78 is 2.06. The van der Waals surface area contributed by atoms with E-state index in [1.165, 1.54) is 11.8 Å². The third kappa shape index (κ3) is 3.91. The summed E-state index contributed by atoms with van der Waals surface area (Å²) in [5.41, 5.74) is 0. The second-order valence-electron chi connectivity index (χ2n) is 4.35. The molecule has 0 spiro atoms. The normalized spacial score (nSPS) is 12.9. The van der Waals surface area contributed by atoms with Crippen LogP contribution in [0.3, 0.4) is 0 Å². The Morgan fingerprint density at radius 1 is 1.39 bits per heavy atom. The highest BCUT2D eigenvalue weighted by Crippen LogP contribution is 2.26. The summed E-state index contributed by atoms with van der Waals surface area (Å²) in [6.07, 6.45) is 2.06. The van der Waals surface area contributed by atoms with Crippen molar-refractivity contribution in [3.05, 3.63) is 5.82 Å². The highest BCUT2D eigenvalue weighted by molar-refractivity contribution is 7.99. The molecular formula is C11H19N3O2S2. The van der Waals surface area contributed by atoms with Crippen LogP contribution in [0.2, 0.25) is 0 Å². The molecule has 1 unspecified atom stereocenters. The van der Waals surface area contributed by atoms with E-state index in [0.717, 1.165) is 11.6 Å². The van der Waals surface area contributed by atoms with Gasteiger partial charge in [-0.1, -0.05) is 25.6 Å². The molecule has 0 amide bonds. The Morgan fingerprint density at radius 3 is 2.56 bits per heavy atom. The van der Waals surface area contributed by atoms with E-state index in [-0.39, 0.29) is 17.7 Å². The number of aromatic nitrogens is 3. The monoisotopic (exact) mass is 289 g/mol. The van der Waals surface area contributed by atoms with Crippen LogP contribution in [-0.2, 0) is 4.79 Å². The zero-order chi connectivity index (χ0) is 13.7. The average molecular weight is 289 g/mol. The predicted octanol–water partition coefficient (Wildman–Crippen LogP) is 2.50. The molecule has 0 saturated carbocycles. The van der Waals surface area contributed by atoms with Gasteiger partial charge in [-0.25, -0.2) is 0 Å². The minimum atomic E-state index is -0.835. The van der Waals surface area contributed by atoms with Crippen molar-refractivity contribution in [1.82, 2.24) is 14.8 Å². The van der Waals surface area contributed by atoms with Crippen molar-refractivity contribution in [2.45, 2.75) is 37.9 Å². The topological polar surface area (TPSA) is 68.0 Å². The van der Waals surface area contributed by atoms with Gasteiger partial charge in [-0.05, 0) is 13.2 Å². The van der Waals surface area contributed by atoms with Crippen LogP contribution in [0.1, 0.15) is 38.6 Å². The molecule has 0 aliphatic carbocycles. The Balaban J connectivity index is 2.98. The molecule has 1 heterocycles. The predicted molar refractivity (Wildman–Crippen MR) is 75.6 cm³/mol. The van der Waals surface area contributed by atoms with Crippen LogP contribution < -0.4 is 0 Å². The molecule has 0 radical (unpaired) electrons. The molecule has 1 atom stereocenters. The molecule has 0 aliphatic rings. The molecule has 0 aliphatic heterocycles. The largest absolute Gasteiger partial charge is 0.481 e. The zero-order valence-corrected chi connectivity index (χ0v) is 12.7. The fourth-order valence-electron chi connectivity index (χ4n) is 1.64. The Hall–Kier alpha value is -0.690. The van der Waals surface area contributed by atoms with E-state index in [2.05, 4.69) is 41.8 Å². The smallest absolute Gasteiger partial charge is 0.313 e. The number of aliphatic carboxylic acids is 1. The summed E-state index contributed by atoms with van der Waals surface area (Å²) in [5, 5.41) is 17.7. The summed E-state index contributed by atoms with van der Waals surface area (Å²) in [4.78, 5) is 10.6. The Kier molecular flexibility index (Phi) is 6.01. The first-order chi connectivity index (χ1) is 8.47. The van der Waals surface area contributed by atoms with Gasteiger partial charge >= 0.3 is 5.97 Å². The first-order valence-electron chi connectivity index (χ1n) is 5.75. The van der Waals surface area contributed by atoms with Crippen molar-refractivity contribution in [3.63, 3.8) is 0 Å². The summed E-state index contributed by atoms with van der Waals surface area (Å²) in [6.45, 7) is 6.24. The fraction of sp³-hybridized carbons (Fsp3) is 0.727. The van der Waals surface area contributed by atoms with Gasteiger partial charge in [-0.15, -0.1) is 10.2 Å². The van der Waals surface area contributed by atoms with E-state index in [4.69, 9.17) is 5.11 Å². The van der Waals surface area contributed by atoms with Crippen LogP contribution in [0.5, 0.6) is 0 Å². The maximum atomic E-state index is 10.6. The molecule has 0 bridgehead atoms. The van der Waals surface area contributed by atoms with E-state index in [0.29, 0.717) is 5.16 Å². The number of hydrogen-bond donors (Lipinski definition) is 1. The van der Waals surface area contributed by atoms with Crippen molar-refractivity contribution < 1.29 is 9.90 Å². The second-order valence-corrected chi connectivity index (χ2v) is 6.21. The van der Waals surface area contributed by atoms with E-state index in [1.807, 2.05) is 0 Å². The lowest BCUT2D eigenvalue weighted by Gasteiger charge is -2.18. The average Bonchev–Trinajstić information content (AvgIpc) is 2.70. The lowest BCUT2D eigenvalue weighted by molar-refractivity contribution is -0.133. The highest BCUT2D eigenvalue weighted by atomic mass is 32.2. The number of carboxylic acid groups (broad SMARTS) is 1. The Bertz CT molecular complexity index is 407. The number of carboxylic acids is 1. The van der Waals surface area contributed by atoms with Crippen molar-refractivity contribution in [3.8, 4) is 0 Å². The van der Waals surface area contributed by atoms with Crippen LogP contribution >= 0.6 is 23.5 Å². The molecule has 102 valence electrons. The lowest BCUT2D eigenvalue weighted by Crippen LogP contribution is -2.14. The number of hydrogen-bond acceptors (Lipinski definition) is 5. The molecule has 0 fully saturated rings. The van der Waals surface area contributed by atoms with Crippen molar-refractivity contribution in [2.24, 2.45) is 0 Å². The third-order valence-corrected chi connectivity index (χ3v) is 4.12. The number of nitrogens with zero attached hydrogens (tertiary/aromatic N) is 3. The van der Waals surface area contributed by atoms with Crippen LogP contribution in [0, 0.1) is 0 Å². The minimum Gasteiger partial charge on any atom is -0.481 e. The van der Waals surface area contributed by atoms with Gasteiger partial charge in [0.25, 0.3) is 0 Å².